The first-order valence-electron chi connectivity index (χ1n) is 6.95. The number of carbonyl (C=O) groups excluding carboxylic acids is 2. The SMILES string of the molecule is CC[C@@H](O)CN1CCN(C(=O)CCNC(C)=O)CC1. The maximum absolute atomic E-state index is 11.9. The van der Waals surface area contributed by atoms with E-state index < -0.39 is 0 Å². The monoisotopic (exact) mass is 271 g/mol. The Hall–Kier alpha value is -1.14. The van der Waals surface area contributed by atoms with E-state index in [9.17, 15) is 14.7 Å². The molecule has 19 heavy (non-hydrogen) atoms. The van der Waals surface area contributed by atoms with Crippen LogP contribution in [0.4, 0.5) is 0 Å². The Morgan fingerprint density at radius 3 is 2.42 bits per heavy atom. The van der Waals surface area contributed by atoms with Gasteiger partial charge in [-0.1, -0.05) is 6.92 Å². The predicted molar refractivity (Wildman–Crippen MR) is 72.6 cm³/mol. The van der Waals surface area contributed by atoms with Crippen molar-refractivity contribution in [2.45, 2.75) is 32.8 Å². The number of hydrogen-bond acceptors (Lipinski definition) is 4. The Morgan fingerprint density at radius 2 is 1.89 bits per heavy atom. The number of aliphatic hydroxyl groups excluding tert-OH is 1. The van der Waals surface area contributed by atoms with Gasteiger partial charge in [-0.25, -0.2) is 0 Å². The number of aliphatic hydroxyl groups is 1. The average Bonchev–Trinajstić information content (AvgIpc) is 2.38. The van der Waals surface area contributed by atoms with Crippen LogP contribution in [0.25, 0.3) is 0 Å². The molecule has 0 aromatic heterocycles. The summed E-state index contributed by atoms with van der Waals surface area (Å²) >= 11 is 0. The van der Waals surface area contributed by atoms with Crippen LogP contribution in [0.2, 0.25) is 0 Å². The topological polar surface area (TPSA) is 72.9 Å². The van der Waals surface area contributed by atoms with Crippen molar-refractivity contribution in [2.24, 2.45) is 0 Å². The van der Waals surface area contributed by atoms with Gasteiger partial charge in [0.15, 0.2) is 0 Å². The number of hydrogen-bond donors (Lipinski definition) is 2. The Bertz CT molecular complexity index is 302. The number of nitrogens with one attached hydrogen (secondary N) is 1. The third-order valence-electron chi connectivity index (χ3n) is 3.38. The Labute approximate surface area is 114 Å². The number of amides is 2. The van der Waals surface area contributed by atoms with Crippen molar-refractivity contribution in [1.82, 2.24) is 15.1 Å². The molecule has 110 valence electrons. The van der Waals surface area contributed by atoms with Gasteiger partial charge in [-0.05, 0) is 6.42 Å². The molecule has 0 aromatic rings. The molecule has 1 heterocycles. The van der Waals surface area contributed by atoms with E-state index in [-0.39, 0.29) is 17.9 Å². The lowest BCUT2D eigenvalue weighted by molar-refractivity contribution is -0.133. The van der Waals surface area contributed by atoms with Crippen molar-refractivity contribution < 1.29 is 14.7 Å². The fourth-order valence-electron chi connectivity index (χ4n) is 2.11. The lowest BCUT2D eigenvalue weighted by Crippen LogP contribution is -2.50. The molecule has 6 nitrogen and oxygen atoms in total. The Morgan fingerprint density at radius 1 is 1.26 bits per heavy atom. The summed E-state index contributed by atoms with van der Waals surface area (Å²) in [7, 11) is 0. The van der Waals surface area contributed by atoms with E-state index in [1.807, 2.05) is 11.8 Å². The van der Waals surface area contributed by atoms with Crippen molar-refractivity contribution in [3.05, 3.63) is 0 Å². The minimum atomic E-state index is -0.276. The molecular weight excluding hydrogens is 246 g/mol. The maximum Gasteiger partial charge on any atom is 0.224 e. The van der Waals surface area contributed by atoms with Crippen LogP contribution in [0.5, 0.6) is 0 Å². The highest BCUT2D eigenvalue weighted by Crippen LogP contribution is 2.05. The van der Waals surface area contributed by atoms with Crippen molar-refractivity contribution in [2.75, 3.05) is 39.3 Å². The first-order chi connectivity index (χ1) is 9.02. The molecule has 0 bridgehead atoms. The summed E-state index contributed by atoms with van der Waals surface area (Å²) in [5.41, 5.74) is 0. The summed E-state index contributed by atoms with van der Waals surface area (Å²) in [4.78, 5) is 26.6. The quantitative estimate of drug-likeness (QED) is 0.678. The minimum absolute atomic E-state index is 0.0874. The second-order valence-electron chi connectivity index (χ2n) is 4.98. The first-order valence-corrected chi connectivity index (χ1v) is 6.95. The zero-order valence-electron chi connectivity index (χ0n) is 11.9. The molecule has 6 heteroatoms. The van der Waals surface area contributed by atoms with Crippen molar-refractivity contribution in [3.63, 3.8) is 0 Å². The summed E-state index contributed by atoms with van der Waals surface area (Å²) in [5, 5.41) is 12.2. The van der Waals surface area contributed by atoms with E-state index in [1.165, 1.54) is 6.92 Å². The highest BCUT2D eigenvalue weighted by molar-refractivity contribution is 5.78. The van der Waals surface area contributed by atoms with Crippen LogP contribution in [-0.2, 0) is 9.59 Å². The molecular formula is C13H25N3O3. The first kappa shape index (κ1) is 15.9. The van der Waals surface area contributed by atoms with Crippen LogP contribution in [0.3, 0.4) is 0 Å². The van der Waals surface area contributed by atoms with Crippen molar-refractivity contribution in [3.8, 4) is 0 Å². The fraction of sp³-hybridized carbons (Fsp3) is 0.846. The van der Waals surface area contributed by atoms with E-state index in [1.54, 1.807) is 0 Å². The van der Waals surface area contributed by atoms with Crippen LogP contribution in [0.15, 0.2) is 0 Å². The van der Waals surface area contributed by atoms with E-state index in [0.717, 1.165) is 19.5 Å². The van der Waals surface area contributed by atoms with Crippen LogP contribution >= 0.6 is 0 Å². The molecule has 0 saturated carbocycles. The van der Waals surface area contributed by atoms with Crippen molar-refractivity contribution in [1.29, 1.82) is 0 Å². The van der Waals surface area contributed by atoms with Gasteiger partial charge in [-0.2, -0.15) is 0 Å². The van der Waals surface area contributed by atoms with Gasteiger partial charge in [-0.15, -0.1) is 0 Å². The molecule has 1 rings (SSSR count). The van der Waals surface area contributed by atoms with E-state index >= 15 is 0 Å². The fourth-order valence-corrected chi connectivity index (χ4v) is 2.11. The third kappa shape index (κ3) is 6.02. The summed E-state index contributed by atoms with van der Waals surface area (Å²) in [6.07, 6.45) is 0.842. The van der Waals surface area contributed by atoms with Gasteiger partial charge in [0.25, 0.3) is 0 Å². The Kier molecular flexibility index (Phi) is 6.80. The molecule has 0 radical (unpaired) electrons. The third-order valence-corrected chi connectivity index (χ3v) is 3.38. The Balaban J connectivity index is 2.21. The normalized spacial score (nSPS) is 18.2. The maximum atomic E-state index is 11.9. The number of nitrogens with zero attached hydrogens (tertiary/aromatic N) is 2. The molecule has 0 spiro atoms. The molecule has 0 aromatic carbocycles. The summed E-state index contributed by atoms with van der Waals surface area (Å²) in [6, 6.07) is 0. The van der Waals surface area contributed by atoms with Crippen LogP contribution in [0.1, 0.15) is 26.7 Å². The van der Waals surface area contributed by atoms with E-state index in [4.69, 9.17) is 0 Å². The van der Waals surface area contributed by atoms with Crippen LogP contribution in [0, 0.1) is 0 Å². The van der Waals surface area contributed by atoms with Crippen LogP contribution < -0.4 is 5.32 Å². The molecule has 0 unspecified atom stereocenters. The smallest absolute Gasteiger partial charge is 0.224 e. The van der Waals surface area contributed by atoms with Gasteiger partial charge in [0.2, 0.25) is 11.8 Å². The molecule has 1 aliphatic rings. The molecule has 1 saturated heterocycles. The van der Waals surface area contributed by atoms with E-state index in [0.29, 0.717) is 32.6 Å². The van der Waals surface area contributed by atoms with Gasteiger partial charge in [0.05, 0.1) is 6.10 Å². The average molecular weight is 271 g/mol. The summed E-state index contributed by atoms with van der Waals surface area (Å²) in [5.74, 6) is -0.0180. The molecule has 2 amide bonds. The van der Waals surface area contributed by atoms with Crippen LogP contribution in [-0.4, -0.2) is 72.1 Å². The zero-order chi connectivity index (χ0) is 14.3. The van der Waals surface area contributed by atoms with Gasteiger partial charge in [0, 0.05) is 52.6 Å². The standard InChI is InChI=1S/C13H25N3O3/c1-3-12(18)10-15-6-8-16(9-7-15)13(19)4-5-14-11(2)17/h12,18H,3-10H2,1-2H3,(H,14,17)/t12-/m1/s1. The number of carbonyl (C=O) groups is 2. The second-order valence-corrected chi connectivity index (χ2v) is 4.98. The predicted octanol–water partition coefficient (Wildman–Crippen LogP) is -0.572. The van der Waals surface area contributed by atoms with Gasteiger partial charge < -0.3 is 15.3 Å². The highest BCUT2D eigenvalue weighted by Gasteiger charge is 2.21. The summed E-state index contributed by atoms with van der Waals surface area (Å²) < 4.78 is 0. The van der Waals surface area contributed by atoms with Gasteiger partial charge in [0.1, 0.15) is 0 Å². The van der Waals surface area contributed by atoms with E-state index in [2.05, 4.69) is 10.2 Å². The molecule has 2 N–H and O–H groups in total. The molecule has 1 aliphatic heterocycles. The number of β-amino-alcohol motifs (C(OH)–C–C–N with tert-alkyl or cyclic N) is 1. The van der Waals surface area contributed by atoms with Crippen molar-refractivity contribution >= 4 is 11.8 Å². The molecule has 1 atom stereocenters. The lowest BCUT2D eigenvalue weighted by Gasteiger charge is -2.35. The zero-order valence-corrected chi connectivity index (χ0v) is 11.9. The molecule has 0 aliphatic carbocycles. The van der Waals surface area contributed by atoms with Gasteiger partial charge in [-0.3, -0.25) is 14.5 Å². The molecule has 1 fully saturated rings. The lowest BCUT2D eigenvalue weighted by atomic mass is 10.2. The minimum Gasteiger partial charge on any atom is -0.392 e. The second kappa shape index (κ2) is 8.12. The largest absolute Gasteiger partial charge is 0.392 e. The highest BCUT2D eigenvalue weighted by atomic mass is 16.3. The van der Waals surface area contributed by atoms with Gasteiger partial charge >= 0.3 is 0 Å². The summed E-state index contributed by atoms with van der Waals surface area (Å²) in [6.45, 7) is 7.53. The number of rotatable bonds is 6. The number of piperazine rings is 1.